The number of carbonyl (C=O) groups is 1. The Bertz CT molecular complexity index is 677. The highest BCUT2D eigenvalue weighted by atomic mass is 32.2. The van der Waals surface area contributed by atoms with E-state index in [-0.39, 0.29) is 11.2 Å². The van der Waals surface area contributed by atoms with Gasteiger partial charge in [-0.05, 0) is 31.2 Å². The van der Waals surface area contributed by atoms with Crippen LogP contribution in [0.2, 0.25) is 0 Å². The molecule has 4 rings (SSSR count). The maximum absolute atomic E-state index is 12.9. The molecule has 1 N–H and O–H groups in total. The SMILES string of the molecule is O=C(C(Sc1n[nH]c(C2CC2)n1)c1ccccc1)N1CCCC1. The molecule has 0 radical (unpaired) electrons. The van der Waals surface area contributed by atoms with Gasteiger partial charge in [-0.1, -0.05) is 42.1 Å². The zero-order chi connectivity index (χ0) is 15.6. The molecule has 6 heteroatoms. The summed E-state index contributed by atoms with van der Waals surface area (Å²) in [6, 6.07) is 9.96. The van der Waals surface area contributed by atoms with Gasteiger partial charge in [-0.25, -0.2) is 4.98 Å². The standard InChI is InChI=1S/C17H20N4OS/c22-16(21-10-4-5-11-21)14(12-6-2-1-3-7-12)23-17-18-15(19-20-17)13-8-9-13/h1-3,6-7,13-14H,4-5,8-11H2,(H,18,19,20). The molecule has 5 nitrogen and oxygen atoms in total. The van der Waals surface area contributed by atoms with Gasteiger partial charge in [0, 0.05) is 19.0 Å². The number of aromatic nitrogens is 3. The highest BCUT2D eigenvalue weighted by molar-refractivity contribution is 8.00. The summed E-state index contributed by atoms with van der Waals surface area (Å²) in [5.41, 5.74) is 1.02. The fourth-order valence-corrected chi connectivity index (χ4v) is 3.95. The van der Waals surface area contributed by atoms with Crippen molar-refractivity contribution >= 4 is 17.7 Å². The smallest absolute Gasteiger partial charge is 0.240 e. The van der Waals surface area contributed by atoms with E-state index in [9.17, 15) is 4.79 Å². The molecular formula is C17H20N4OS. The number of benzene rings is 1. The van der Waals surface area contributed by atoms with Crippen LogP contribution in [-0.2, 0) is 4.79 Å². The molecule has 0 spiro atoms. The van der Waals surface area contributed by atoms with Crippen LogP contribution in [-0.4, -0.2) is 39.1 Å². The molecule has 1 saturated heterocycles. The number of likely N-dealkylation sites (tertiary alicyclic amines) is 1. The third-order valence-electron chi connectivity index (χ3n) is 4.41. The van der Waals surface area contributed by atoms with Gasteiger partial charge >= 0.3 is 0 Å². The van der Waals surface area contributed by atoms with Crippen molar-refractivity contribution in [3.05, 3.63) is 41.7 Å². The van der Waals surface area contributed by atoms with Gasteiger partial charge in [0.2, 0.25) is 11.1 Å². The number of rotatable bonds is 5. The first-order chi connectivity index (χ1) is 11.3. The van der Waals surface area contributed by atoms with Gasteiger partial charge in [0.1, 0.15) is 11.1 Å². The zero-order valence-electron chi connectivity index (χ0n) is 12.9. The monoisotopic (exact) mass is 328 g/mol. The van der Waals surface area contributed by atoms with Gasteiger partial charge in [-0.3, -0.25) is 9.89 Å². The lowest BCUT2D eigenvalue weighted by Crippen LogP contribution is -2.31. The fourth-order valence-electron chi connectivity index (χ4n) is 2.95. The number of carbonyl (C=O) groups excluding carboxylic acids is 1. The first-order valence-electron chi connectivity index (χ1n) is 8.24. The Morgan fingerprint density at radius 3 is 2.65 bits per heavy atom. The maximum atomic E-state index is 12.9. The van der Waals surface area contributed by atoms with Crippen LogP contribution in [0.15, 0.2) is 35.5 Å². The van der Waals surface area contributed by atoms with Crippen molar-refractivity contribution in [3.63, 3.8) is 0 Å². The Balaban J connectivity index is 1.57. The van der Waals surface area contributed by atoms with Crippen molar-refractivity contribution in [2.75, 3.05) is 13.1 Å². The van der Waals surface area contributed by atoms with Crippen LogP contribution in [0.25, 0.3) is 0 Å². The van der Waals surface area contributed by atoms with Gasteiger partial charge in [-0.15, -0.1) is 5.10 Å². The molecule has 2 aromatic rings. The summed E-state index contributed by atoms with van der Waals surface area (Å²) < 4.78 is 0. The summed E-state index contributed by atoms with van der Waals surface area (Å²) >= 11 is 1.46. The summed E-state index contributed by atoms with van der Waals surface area (Å²) in [5.74, 6) is 1.69. The lowest BCUT2D eigenvalue weighted by Gasteiger charge is -2.22. The molecule has 1 aromatic heterocycles. The molecule has 1 saturated carbocycles. The maximum Gasteiger partial charge on any atom is 0.240 e. The second-order valence-electron chi connectivity index (χ2n) is 6.22. The van der Waals surface area contributed by atoms with Gasteiger partial charge < -0.3 is 4.90 Å². The van der Waals surface area contributed by atoms with Crippen molar-refractivity contribution in [1.82, 2.24) is 20.1 Å². The molecule has 2 heterocycles. The normalized spacial score (nSPS) is 19.0. The van der Waals surface area contributed by atoms with Crippen LogP contribution in [0.1, 0.15) is 48.2 Å². The van der Waals surface area contributed by atoms with Crippen molar-refractivity contribution in [2.45, 2.75) is 42.0 Å². The molecule has 0 bridgehead atoms. The van der Waals surface area contributed by atoms with E-state index in [1.165, 1.54) is 24.6 Å². The summed E-state index contributed by atoms with van der Waals surface area (Å²) in [7, 11) is 0. The fraction of sp³-hybridized carbons (Fsp3) is 0.471. The average Bonchev–Trinajstić information content (AvgIpc) is 3.11. The van der Waals surface area contributed by atoms with E-state index >= 15 is 0 Å². The first kappa shape index (κ1) is 14.8. The third kappa shape index (κ3) is 3.27. The lowest BCUT2D eigenvalue weighted by atomic mass is 10.1. The Morgan fingerprint density at radius 1 is 1.22 bits per heavy atom. The molecule has 1 atom stereocenters. The van der Waals surface area contributed by atoms with Crippen LogP contribution in [0, 0.1) is 0 Å². The average molecular weight is 328 g/mol. The van der Waals surface area contributed by atoms with Gasteiger partial charge in [-0.2, -0.15) is 0 Å². The van der Waals surface area contributed by atoms with Crippen molar-refractivity contribution in [2.24, 2.45) is 0 Å². The Hall–Kier alpha value is -1.82. The molecule has 2 fully saturated rings. The van der Waals surface area contributed by atoms with Crippen molar-refractivity contribution < 1.29 is 4.79 Å². The summed E-state index contributed by atoms with van der Waals surface area (Å²) in [6.45, 7) is 1.73. The van der Waals surface area contributed by atoms with Crippen LogP contribution in [0.3, 0.4) is 0 Å². The Labute approximate surface area is 139 Å². The molecule has 1 aliphatic heterocycles. The predicted octanol–water partition coefficient (Wildman–Crippen LogP) is 3.14. The number of hydrogen-bond acceptors (Lipinski definition) is 4. The van der Waals surface area contributed by atoms with E-state index < -0.39 is 0 Å². The van der Waals surface area contributed by atoms with E-state index in [0.717, 1.165) is 37.3 Å². The molecule has 1 amide bonds. The zero-order valence-corrected chi connectivity index (χ0v) is 13.8. The second kappa shape index (κ2) is 6.35. The summed E-state index contributed by atoms with van der Waals surface area (Å²) in [5, 5.41) is 7.74. The van der Waals surface area contributed by atoms with E-state index in [0.29, 0.717) is 11.1 Å². The minimum atomic E-state index is -0.267. The number of aromatic amines is 1. The van der Waals surface area contributed by atoms with E-state index in [1.54, 1.807) is 0 Å². The molecular weight excluding hydrogens is 308 g/mol. The topological polar surface area (TPSA) is 61.9 Å². The molecule has 1 unspecified atom stereocenters. The van der Waals surface area contributed by atoms with Crippen LogP contribution in [0.5, 0.6) is 0 Å². The predicted molar refractivity (Wildman–Crippen MR) is 89.2 cm³/mol. The quantitative estimate of drug-likeness (QED) is 0.857. The highest BCUT2D eigenvalue weighted by Crippen LogP contribution is 2.40. The number of thioether (sulfide) groups is 1. The third-order valence-corrected chi connectivity index (χ3v) is 5.52. The molecule has 2 aliphatic rings. The van der Waals surface area contributed by atoms with Gasteiger partial charge in [0.25, 0.3) is 0 Å². The first-order valence-corrected chi connectivity index (χ1v) is 9.12. The van der Waals surface area contributed by atoms with Crippen molar-refractivity contribution in [3.8, 4) is 0 Å². The number of nitrogens with one attached hydrogen (secondary N) is 1. The number of amides is 1. The second-order valence-corrected chi connectivity index (χ2v) is 7.29. The Kier molecular flexibility index (Phi) is 4.08. The van der Waals surface area contributed by atoms with E-state index in [1.807, 2.05) is 35.2 Å². The number of hydrogen-bond donors (Lipinski definition) is 1. The van der Waals surface area contributed by atoms with E-state index in [4.69, 9.17) is 0 Å². The van der Waals surface area contributed by atoms with Crippen LogP contribution < -0.4 is 0 Å². The number of nitrogens with zero attached hydrogens (tertiary/aromatic N) is 3. The number of H-pyrrole nitrogens is 1. The highest BCUT2D eigenvalue weighted by Gasteiger charge is 2.31. The minimum Gasteiger partial charge on any atom is -0.341 e. The Morgan fingerprint density at radius 2 is 1.96 bits per heavy atom. The molecule has 23 heavy (non-hydrogen) atoms. The minimum absolute atomic E-state index is 0.177. The molecule has 1 aromatic carbocycles. The molecule has 120 valence electrons. The van der Waals surface area contributed by atoms with Gasteiger partial charge in [0.15, 0.2) is 0 Å². The largest absolute Gasteiger partial charge is 0.341 e. The molecule has 1 aliphatic carbocycles. The van der Waals surface area contributed by atoms with Crippen molar-refractivity contribution in [1.29, 1.82) is 0 Å². The van der Waals surface area contributed by atoms with Crippen LogP contribution in [0.4, 0.5) is 0 Å². The lowest BCUT2D eigenvalue weighted by molar-refractivity contribution is -0.129. The summed E-state index contributed by atoms with van der Waals surface area (Å²) in [6.07, 6.45) is 4.58. The van der Waals surface area contributed by atoms with Crippen LogP contribution >= 0.6 is 11.8 Å². The summed E-state index contributed by atoms with van der Waals surface area (Å²) in [4.78, 5) is 19.5. The van der Waals surface area contributed by atoms with Gasteiger partial charge in [0.05, 0.1) is 0 Å². The van der Waals surface area contributed by atoms with E-state index in [2.05, 4.69) is 15.2 Å².